The normalized spacial score (nSPS) is 10.2. The van der Waals surface area contributed by atoms with Gasteiger partial charge >= 0.3 is 5.69 Å². The molecule has 7 heteroatoms. The first-order valence-electron chi connectivity index (χ1n) is 7.30. The second-order valence-corrected chi connectivity index (χ2v) is 5.13. The van der Waals surface area contributed by atoms with Gasteiger partial charge in [0, 0.05) is 23.3 Å². The van der Waals surface area contributed by atoms with Gasteiger partial charge in [0.05, 0.1) is 27.0 Å². The van der Waals surface area contributed by atoms with Crippen LogP contribution in [0.2, 0.25) is 0 Å². The largest absolute Gasteiger partial charge is 0.497 e. The standard InChI is InChI=1S/C17H16N5O2/c1-23-15-7-8-17(24-2)13(9-15)10-22-11-16(20-21-22)12-3-5-14(19-18)6-4-12/h3-9,11H,10H2,1-2H3/q+1. The summed E-state index contributed by atoms with van der Waals surface area (Å²) in [5.41, 5.74) is 3.07. The summed E-state index contributed by atoms with van der Waals surface area (Å²) in [7, 11) is 3.26. The Kier molecular flexibility index (Phi) is 4.38. The fourth-order valence-electron chi connectivity index (χ4n) is 2.39. The van der Waals surface area contributed by atoms with E-state index in [4.69, 9.17) is 14.9 Å². The minimum Gasteiger partial charge on any atom is -0.497 e. The number of benzene rings is 2. The first-order valence-corrected chi connectivity index (χ1v) is 7.30. The van der Waals surface area contributed by atoms with Gasteiger partial charge in [0.1, 0.15) is 17.2 Å². The van der Waals surface area contributed by atoms with E-state index in [2.05, 4.69) is 15.3 Å². The first kappa shape index (κ1) is 15.5. The van der Waals surface area contributed by atoms with Gasteiger partial charge in [-0.15, -0.1) is 5.10 Å². The zero-order valence-corrected chi connectivity index (χ0v) is 13.4. The molecule has 2 aromatic carbocycles. The van der Waals surface area contributed by atoms with Crippen LogP contribution in [-0.2, 0) is 6.54 Å². The summed E-state index contributed by atoms with van der Waals surface area (Å²) in [4.78, 5) is 3.13. The van der Waals surface area contributed by atoms with Crippen LogP contribution in [0.25, 0.3) is 16.2 Å². The number of rotatable bonds is 5. The van der Waals surface area contributed by atoms with Crippen LogP contribution in [0.1, 0.15) is 5.56 Å². The quantitative estimate of drug-likeness (QED) is 0.672. The third-order valence-corrected chi connectivity index (χ3v) is 3.64. The van der Waals surface area contributed by atoms with Gasteiger partial charge in [0.2, 0.25) is 5.39 Å². The van der Waals surface area contributed by atoms with Crippen LogP contribution in [0.5, 0.6) is 11.5 Å². The summed E-state index contributed by atoms with van der Waals surface area (Å²) >= 11 is 0. The lowest BCUT2D eigenvalue weighted by atomic mass is 10.1. The van der Waals surface area contributed by atoms with Gasteiger partial charge in [-0.1, -0.05) is 5.21 Å². The van der Waals surface area contributed by atoms with Crippen molar-refractivity contribution in [3.05, 3.63) is 59.2 Å². The number of ether oxygens (including phenoxy) is 2. The molecule has 0 atom stereocenters. The molecule has 0 radical (unpaired) electrons. The minimum absolute atomic E-state index is 0.493. The minimum atomic E-state index is 0.493. The fraction of sp³-hybridized carbons (Fsp3) is 0.176. The predicted octanol–water partition coefficient (Wildman–Crippen LogP) is 3.50. The SMILES string of the molecule is COc1ccc(OC)c(Cn2cc(-c3ccc([N+]#N)cc3)nn2)c1. The maximum absolute atomic E-state index is 8.73. The lowest BCUT2D eigenvalue weighted by molar-refractivity contribution is 0.396. The zero-order chi connectivity index (χ0) is 16.9. The van der Waals surface area contributed by atoms with E-state index in [1.807, 2.05) is 36.5 Å². The van der Waals surface area contributed by atoms with Crippen molar-refractivity contribution in [2.24, 2.45) is 0 Å². The molecular weight excluding hydrogens is 306 g/mol. The highest BCUT2D eigenvalue weighted by Gasteiger charge is 2.10. The first-order chi connectivity index (χ1) is 11.7. The van der Waals surface area contributed by atoms with Crippen molar-refractivity contribution < 1.29 is 9.47 Å². The molecule has 0 aliphatic heterocycles. The van der Waals surface area contributed by atoms with Crippen molar-refractivity contribution >= 4 is 5.69 Å². The lowest BCUT2D eigenvalue weighted by Gasteiger charge is -2.10. The van der Waals surface area contributed by atoms with E-state index in [0.29, 0.717) is 12.2 Å². The Morgan fingerprint density at radius 1 is 1.08 bits per heavy atom. The predicted molar refractivity (Wildman–Crippen MR) is 88.9 cm³/mol. The molecule has 0 saturated carbocycles. The van der Waals surface area contributed by atoms with E-state index >= 15 is 0 Å². The van der Waals surface area contributed by atoms with E-state index < -0.39 is 0 Å². The molecule has 0 amide bonds. The van der Waals surface area contributed by atoms with Crippen molar-refractivity contribution in [3.63, 3.8) is 0 Å². The smallest absolute Gasteiger partial charge is 0.385 e. The molecule has 0 saturated heterocycles. The van der Waals surface area contributed by atoms with E-state index in [1.54, 1.807) is 31.0 Å². The van der Waals surface area contributed by atoms with Crippen LogP contribution in [0.4, 0.5) is 5.69 Å². The molecule has 3 rings (SSSR count). The van der Waals surface area contributed by atoms with E-state index in [1.165, 1.54) is 0 Å². The van der Waals surface area contributed by atoms with Crippen molar-refractivity contribution in [2.75, 3.05) is 14.2 Å². The van der Waals surface area contributed by atoms with Crippen LogP contribution < -0.4 is 9.47 Å². The molecule has 0 spiro atoms. The van der Waals surface area contributed by atoms with Crippen molar-refractivity contribution in [1.82, 2.24) is 15.0 Å². The second kappa shape index (κ2) is 6.79. The number of aromatic nitrogens is 3. The molecule has 0 aliphatic carbocycles. The van der Waals surface area contributed by atoms with Gasteiger partial charge in [0.15, 0.2) is 4.98 Å². The van der Waals surface area contributed by atoms with Gasteiger partial charge in [-0.25, -0.2) is 4.68 Å². The molecule has 0 unspecified atom stereocenters. The molecule has 120 valence electrons. The second-order valence-electron chi connectivity index (χ2n) is 5.13. The Hall–Kier alpha value is -3.40. The molecule has 3 aromatic rings. The molecule has 1 heterocycles. The third kappa shape index (κ3) is 3.17. The molecule has 24 heavy (non-hydrogen) atoms. The van der Waals surface area contributed by atoms with Crippen molar-refractivity contribution in [3.8, 4) is 22.8 Å². The Morgan fingerprint density at radius 3 is 2.54 bits per heavy atom. The summed E-state index contributed by atoms with van der Waals surface area (Å²) < 4.78 is 12.4. The van der Waals surface area contributed by atoms with Crippen LogP contribution in [-0.4, -0.2) is 29.2 Å². The average molecular weight is 322 g/mol. The zero-order valence-electron chi connectivity index (χ0n) is 13.4. The summed E-state index contributed by atoms with van der Waals surface area (Å²) in [6.45, 7) is 0.511. The van der Waals surface area contributed by atoms with Gasteiger partial charge in [0.25, 0.3) is 0 Å². The monoisotopic (exact) mass is 322 g/mol. The van der Waals surface area contributed by atoms with Gasteiger partial charge in [-0.2, -0.15) is 0 Å². The van der Waals surface area contributed by atoms with Gasteiger partial charge < -0.3 is 9.47 Å². The third-order valence-electron chi connectivity index (χ3n) is 3.64. The van der Waals surface area contributed by atoms with Gasteiger partial charge in [-0.05, 0) is 30.3 Å². The molecule has 7 nitrogen and oxygen atoms in total. The van der Waals surface area contributed by atoms with E-state index in [9.17, 15) is 0 Å². The summed E-state index contributed by atoms with van der Waals surface area (Å²) in [5.74, 6) is 1.52. The van der Waals surface area contributed by atoms with Crippen molar-refractivity contribution in [2.45, 2.75) is 6.54 Å². The molecule has 0 bridgehead atoms. The molecule has 1 aromatic heterocycles. The summed E-state index contributed by atoms with van der Waals surface area (Å²) in [6, 6.07) is 12.7. The van der Waals surface area contributed by atoms with Crippen molar-refractivity contribution in [1.29, 1.82) is 5.39 Å². The van der Waals surface area contributed by atoms with Crippen LogP contribution >= 0.6 is 0 Å². The fourth-order valence-corrected chi connectivity index (χ4v) is 2.39. The number of hydrogen-bond donors (Lipinski definition) is 0. The number of diazo groups is 1. The van der Waals surface area contributed by atoms with Crippen LogP contribution in [0, 0.1) is 5.39 Å². The topological polar surface area (TPSA) is 77.3 Å². The Balaban J connectivity index is 1.85. The van der Waals surface area contributed by atoms with Crippen LogP contribution in [0.3, 0.4) is 0 Å². The van der Waals surface area contributed by atoms with E-state index in [-0.39, 0.29) is 0 Å². The molecule has 0 aliphatic rings. The lowest BCUT2D eigenvalue weighted by Crippen LogP contribution is -2.03. The summed E-state index contributed by atoms with van der Waals surface area (Å²) in [6.07, 6.45) is 1.85. The number of nitrogens with zero attached hydrogens (tertiary/aromatic N) is 5. The summed E-state index contributed by atoms with van der Waals surface area (Å²) in [5, 5.41) is 17.1. The average Bonchev–Trinajstić information content (AvgIpc) is 3.10. The number of hydrogen-bond acceptors (Lipinski definition) is 5. The van der Waals surface area contributed by atoms with Crippen LogP contribution in [0.15, 0.2) is 48.7 Å². The van der Waals surface area contributed by atoms with E-state index in [0.717, 1.165) is 28.3 Å². The Morgan fingerprint density at radius 2 is 1.88 bits per heavy atom. The highest BCUT2D eigenvalue weighted by molar-refractivity contribution is 5.61. The molecule has 0 fully saturated rings. The molecule has 0 N–H and O–H groups in total. The Bertz CT molecular complexity index is 881. The molecular formula is C17H16N5O2+. The maximum atomic E-state index is 8.73. The van der Waals surface area contributed by atoms with Gasteiger partial charge in [-0.3, -0.25) is 0 Å². The highest BCUT2D eigenvalue weighted by Crippen LogP contribution is 2.25. The Labute approximate surface area is 139 Å². The number of methoxy groups -OCH3 is 2. The highest BCUT2D eigenvalue weighted by atomic mass is 16.5. The maximum Gasteiger partial charge on any atom is 0.385 e.